The molecule has 4 N–H and O–H groups in total. The molecule has 3 fully saturated rings. The van der Waals surface area contributed by atoms with Crippen molar-refractivity contribution in [3.63, 3.8) is 0 Å². The summed E-state index contributed by atoms with van der Waals surface area (Å²) in [5.41, 5.74) is 7.48. The molecule has 11 heteroatoms. The number of hydrogen-bond acceptors (Lipinski definition) is 8. The zero-order valence-corrected chi connectivity index (χ0v) is 25.0. The number of aromatic nitrogens is 3. The lowest BCUT2D eigenvalue weighted by Gasteiger charge is -2.42. The van der Waals surface area contributed by atoms with Crippen molar-refractivity contribution in [2.24, 2.45) is 0 Å². The summed E-state index contributed by atoms with van der Waals surface area (Å²) in [4.78, 5) is 22.7. The number of pyridine rings is 1. The van der Waals surface area contributed by atoms with Gasteiger partial charge < -0.3 is 30.9 Å². The molecular formula is C31H47FN8O2. The van der Waals surface area contributed by atoms with Crippen molar-refractivity contribution in [3.05, 3.63) is 24.0 Å². The first kappa shape index (κ1) is 29.2. The van der Waals surface area contributed by atoms with Crippen molar-refractivity contribution >= 4 is 28.9 Å². The van der Waals surface area contributed by atoms with Crippen LogP contribution in [0.3, 0.4) is 0 Å². The molecule has 1 unspecified atom stereocenters. The summed E-state index contributed by atoms with van der Waals surface area (Å²) in [6.07, 6.45) is 15.0. The van der Waals surface area contributed by atoms with Gasteiger partial charge in [-0.3, -0.25) is 9.78 Å². The van der Waals surface area contributed by atoms with Gasteiger partial charge >= 0.3 is 0 Å². The molecule has 0 radical (unpaired) electrons. The molecule has 0 bridgehead atoms. The third-order valence-electron chi connectivity index (χ3n) is 9.87. The normalized spacial score (nSPS) is 25.6. The number of nitrogens with one attached hydrogen (secondary N) is 2. The fourth-order valence-corrected chi connectivity index (χ4v) is 7.50. The molecule has 0 aromatic carbocycles. The number of likely N-dealkylation sites (tertiary alicyclic amines) is 1. The number of piperidine rings is 1. The monoisotopic (exact) mass is 582 g/mol. The van der Waals surface area contributed by atoms with Crippen LogP contribution in [-0.2, 0) is 10.3 Å². The lowest BCUT2D eigenvalue weighted by molar-refractivity contribution is -0.0168. The van der Waals surface area contributed by atoms with Gasteiger partial charge in [0.05, 0.1) is 35.3 Å². The molecule has 2 atom stereocenters. The topological polar surface area (TPSA) is 114 Å². The summed E-state index contributed by atoms with van der Waals surface area (Å²) in [5.74, 6) is 0.296. The van der Waals surface area contributed by atoms with E-state index in [1.54, 1.807) is 17.1 Å². The number of anilines is 4. The van der Waals surface area contributed by atoms with Crippen LogP contribution in [0.15, 0.2) is 18.5 Å². The maximum absolute atomic E-state index is 15.8. The van der Waals surface area contributed by atoms with Crippen molar-refractivity contribution in [1.82, 2.24) is 19.7 Å². The summed E-state index contributed by atoms with van der Waals surface area (Å²) >= 11 is 0. The lowest BCUT2D eigenvalue weighted by Crippen LogP contribution is -2.51. The van der Waals surface area contributed by atoms with Crippen LogP contribution in [0.1, 0.15) is 87.4 Å². The maximum atomic E-state index is 15.8. The van der Waals surface area contributed by atoms with Gasteiger partial charge in [-0.2, -0.15) is 5.10 Å². The van der Waals surface area contributed by atoms with Crippen molar-refractivity contribution < 1.29 is 13.9 Å². The number of rotatable bonds is 5. The second-order valence-corrected chi connectivity index (χ2v) is 12.8. The van der Waals surface area contributed by atoms with E-state index in [2.05, 4.69) is 37.6 Å². The molecule has 6 rings (SSSR count). The zero-order valence-electron chi connectivity index (χ0n) is 25.0. The second-order valence-electron chi connectivity index (χ2n) is 12.8. The number of nitrogens with zero attached hydrogens (tertiary/aromatic N) is 5. The van der Waals surface area contributed by atoms with Gasteiger partial charge in [0.1, 0.15) is 17.6 Å². The predicted octanol–water partition coefficient (Wildman–Crippen LogP) is 4.79. The van der Waals surface area contributed by atoms with Crippen LogP contribution >= 0.6 is 0 Å². The summed E-state index contributed by atoms with van der Waals surface area (Å²) in [5, 5.41) is 10.9. The Kier molecular flexibility index (Phi) is 8.85. The summed E-state index contributed by atoms with van der Waals surface area (Å²) in [7, 11) is 2.14. The highest BCUT2D eigenvalue weighted by Crippen LogP contribution is 2.43. The SMILES string of the molecule is CN1CC[C@@H](OC2CCN(c3ccncc3NC(=O)c3c(N)nn4c3NCC(F)C43CCCCCCCCC3)CC2)C1. The number of likely N-dealkylation sites (N-methyl/N-ethyl adjacent to an activating group) is 1. The molecule has 1 aliphatic carbocycles. The first-order chi connectivity index (χ1) is 20.4. The molecule has 1 saturated carbocycles. The number of nitrogens with two attached hydrogens (primary N) is 1. The van der Waals surface area contributed by atoms with Crippen LogP contribution in [0.25, 0.3) is 0 Å². The molecule has 3 aliphatic heterocycles. The molecule has 5 heterocycles. The third-order valence-corrected chi connectivity index (χ3v) is 9.87. The Morgan fingerprint density at radius 2 is 1.76 bits per heavy atom. The Morgan fingerprint density at radius 1 is 1.07 bits per heavy atom. The van der Waals surface area contributed by atoms with Crippen LogP contribution < -0.4 is 21.3 Å². The minimum absolute atomic E-state index is 0.126. The maximum Gasteiger partial charge on any atom is 0.263 e. The first-order valence-corrected chi connectivity index (χ1v) is 16.1. The van der Waals surface area contributed by atoms with E-state index in [1.165, 1.54) is 19.3 Å². The molecular weight excluding hydrogens is 535 g/mol. The van der Waals surface area contributed by atoms with E-state index in [4.69, 9.17) is 10.5 Å². The molecule has 42 heavy (non-hydrogen) atoms. The van der Waals surface area contributed by atoms with E-state index in [1.807, 2.05) is 6.07 Å². The number of amides is 1. The Labute approximate surface area is 248 Å². The Bertz CT molecular complexity index is 1220. The highest BCUT2D eigenvalue weighted by Gasteiger charge is 2.47. The number of ether oxygens (including phenoxy) is 1. The van der Waals surface area contributed by atoms with Crippen LogP contribution in [0.2, 0.25) is 0 Å². The quantitative estimate of drug-likeness (QED) is 0.462. The Balaban J connectivity index is 1.18. The molecule has 230 valence electrons. The largest absolute Gasteiger partial charge is 0.381 e. The van der Waals surface area contributed by atoms with Crippen LogP contribution in [0.4, 0.5) is 27.4 Å². The lowest BCUT2D eigenvalue weighted by atomic mass is 9.80. The predicted molar refractivity (Wildman–Crippen MR) is 164 cm³/mol. The number of hydrogen-bond donors (Lipinski definition) is 3. The number of nitrogen functional groups attached to an aromatic ring is 1. The van der Waals surface area contributed by atoms with Crippen LogP contribution in [-0.4, -0.2) is 83.7 Å². The number of carbonyl (C=O) groups excluding carboxylic acids is 1. The van der Waals surface area contributed by atoms with E-state index in [0.717, 1.165) is 76.8 Å². The zero-order chi connectivity index (χ0) is 29.1. The van der Waals surface area contributed by atoms with Crippen LogP contribution in [0, 0.1) is 0 Å². The van der Waals surface area contributed by atoms with Gasteiger partial charge in [-0.25, -0.2) is 9.07 Å². The molecule has 1 spiro atoms. The molecule has 2 aromatic heterocycles. The van der Waals surface area contributed by atoms with Gasteiger partial charge in [-0.05, 0) is 45.2 Å². The van der Waals surface area contributed by atoms with E-state index in [9.17, 15) is 4.79 Å². The van der Waals surface area contributed by atoms with Gasteiger partial charge in [-0.1, -0.05) is 44.9 Å². The molecule has 4 aliphatic rings. The standard InChI is InChI=1S/C31H47FN8O2/c1-38-16-10-23(21-38)42-22-11-17-39(18-12-22)25-9-15-34-19-24(25)36-30(41)27-28(33)37-40-29(27)35-20-26(32)31(40)13-7-5-3-2-4-6-8-14-31/h9,15,19,22-23,26,35H,2-8,10-14,16-18,20-21H2,1H3,(H2,33,37)(H,36,41)/t23-,26?/m1/s1. The average molecular weight is 583 g/mol. The van der Waals surface area contributed by atoms with Crippen molar-refractivity contribution in [2.75, 3.05) is 61.0 Å². The average Bonchev–Trinajstić information content (AvgIpc) is 3.57. The smallest absolute Gasteiger partial charge is 0.263 e. The fraction of sp³-hybridized carbons (Fsp3) is 0.710. The Morgan fingerprint density at radius 3 is 2.45 bits per heavy atom. The number of alkyl halides is 1. The Hall–Kier alpha value is -2.92. The first-order valence-electron chi connectivity index (χ1n) is 16.1. The minimum atomic E-state index is -1.09. The second kappa shape index (κ2) is 12.8. The number of carbonyl (C=O) groups is 1. The molecule has 10 nitrogen and oxygen atoms in total. The summed E-state index contributed by atoms with van der Waals surface area (Å²) in [6, 6.07) is 1.94. The van der Waals surface area contributed by atoms with E-state index < -0.39 is 11.7 Å². The fourth-order valence-electron chi connectivity index (χ4n) is 7.50. The van der Waals surface area contributed by atoms with Crippen molar-refractivity contribution in [2.45, 2.75) is 101 Å². The molecule has 1 amide bonds. The highest BCUT2D eigenvalue weighted by molar-refractivity contribution is 6.12. The molecule has 2 saturated heterocycles. The summed E-state index contributed by atoms with van der Waals surface area (Å²) in [6.45, 7) is 3.93. The van der Waals surface area contributed by atoms with Gasteiger partial charge in [0.25, 0.3) is 5.91 Å². The van der Waals surface area contributed by atoms with Crippen molar-refractivity contribution in [1.29, 1.82) is 0 Å². The van der Waals surface area contributed by atoms with Gasteiger partial charge in [0.2, 0.25) is 0 Å². The number of fused-ring (bicyclic) bond motifs is 2. The molecule has 2 aromatic rings. The van der Waals surface area contributed by atoms with Gasteiger partial charge in [0.15, 0.2) is 5.82 Å². The van der Waals surface area contributed by atoms with Crippen LogP contribution in [0.5, 0.6) is 0 Å². The summed E-state index contributed by atoms with van der Waals surface area (Å²) < 4.78 is 23.9. The van der Waals surface area contributed by atoms with E-state index in [0.29, 0.717) is 30.5 Å². The number of halogens is 1. The minimum Gasteiger partial charge on any atom is -0.381 e. The van der Waals surface area contributed by atoms with E-state index in [-0.39, 0.29) is 29.9 Å². The highest BCUT2D eigenvalue weighted by atomic mass is 19.1. The van der Waals surface area contributed by atoms with Gasteiger partial charge in [-0.15, -0.1) is 0 Å². The van der Waals surface area contributed by atoms with Crippen molar-refractivity contribution in [3.8, 4) is 0 Å². The third kappa shape index (κ3) is 5.95. The van der Waals surface area contributed by atoms with Gasteiger partial charge in [0, 0.05) is 38.9 Å². The van der Waals surface area contributed by atoms with E-state index >= 15 is 4.39 Å².